The van der Waals surface area contributed by atoms with Gasteiger partial charge in [-0.15, -0.1) is 0 Å². The number of hydrogen-bond acceptors (Lipinski definition) is 3. The van der Waals surface area contributed by atoms with Gasteiger partial charge in [0, 0.05) is 19.6 Å². The van der Waals surface area contributed by atoms with Crippen LogP contribution in [0, 0.1) is 11.8 Å². The van der Waals surface area contributed by atoms with Crippen molar-refractivity contribution in [2.45, 2.75) is 57.6 Å². The Kier molecular flexibility index (Phi) is 5.64. The molecule has 1 saturated carbocycles. The molecule has 2 aliphatic rings. The van der Waals surface area contributed by atoms with Gasteiger partial charge in [-0.2, -0.15) is 0 Å². The molecule has 0 spiro atoms. The molecule has 4 heteroatoms. The van der Waals surface area contributed by atoms with Crippen molar-refractivity contribution in [2.75, 3.05) is 20.2 Å². The van der Waals surface area contributed by atoms with Gasteiger partial charge in [-0.25, -0.2) is 0 Å². The van der Waals surface area contributed by atoms with Crippen LogP contribution in [0.4, 0.5) is 0 Å². The van der Waals surface area contributed by atoms with Crippen LogP contribution in [0.3, 0.4) is 0 Å². The van der Waals surface area contributed by atoms with Crippen molar-refractivity contribution in [1.29, 1.82) is 0 Å². The van der Waals surface area contributed by atoms with E-state index in [2.05, 4.69) is 17.6 Å². The normalized spacial score (nSPS) is 33.1. The molecule has 2 rings (SSSR count). The molecule has 1 heterocycles. The van der Waals surface area contributed by atoms with Crippen LogP contribution in [0.15, 0.2) is 0 Å². The van der Waals surface area contributed by atoms with Gasteiger partial charge < -0.3 is 15.4 Å². The lowest BCUT2D eigenvalue weighted by Crippen LogP contribution is -2.38. The molecule has 4 unspecified atom stereocenters. The highest BCUT2D eigenvalue weighted by molar-refractivity contribution is 5.76. The zero-order chi connectivity index (χ0) is 13.7. The summed E-state index contributed by atoms with van der Waals surface area (Å²) in [5.74, 6) is 1.36. The van der Waals surface area contributed by atoms with E-state index in [1.807, 2.05) is 0 Å². The Bertz CT molecular complexity index is 290. The Hall–Kier alpha value is -0.610. The molecule has 1 aliphatic heterocycles. The second-order valence-electron chi connectivity index (χ2n) is 6.22. The minimum Gasteiger partial charge on any atom is -0.381 e. The number of carbonyl (C=O) groups is 1. The Morgan fingerprint density at radius 2 is 2.26 bits per heavy atom. The highest BCUT2D eigenvalue weighted by atomic mass is 16.5. The maximum atomic E-state index is 12.1. The Labute approximate surface area is 116 Å². The van der Waals surface area contributed by atoms with E-state index in [1.165, 1.54) is 12.8 Å². The van der Waals surface area contributed by atoms with Crippen molar-refractivity contribution >= 4 is 5.91 Å². The lowest BCUT2D eigenvalue weighted by molar-refractivity contribution is -0.123. The van der Waals surface area contributed by atoms with Crippen LogP contribution < -0.4 is 10.6 Å². The number of methoxy groups -OCH3 is 1. The van der Waals surface area contributed by atoms with E-state index in [0.29, 0.717) is 30.4 Å². The van der Waals surface area contributed by atoms with Gasteiger partial charge in [-0.1, -0.05) is 6.92 Å². The Morgan fingerprint density at radius 1 is 1.42 bits per heavy atom. The monoisotopic (exact) mass is 268 g/mol. The summed E-state index contributed by atoms with van der Waals surface area (Å²) in [6.07, 6.45) is 6.62. The summed E-state index contributed by atoms with van der Waals surface area (Å²) < 4.78 is 5.34. The molecule has 4 atom stereocenters. The van der Waals surface area contributed by atoms with Crippen LogP contribution in [-0.2, 0) is 9.53 Å². The summed E-state index contributed by atoms with van der Waals surface area (Å²) in [4.78, 5) is 12.1. The molecule has 0 radical (unpaired) electrons. The van der Waals surface area contributed by atoms with E-state index in [-0.39, 0.29) is 5.91 Å². The number of amides is 1. The molecule has 0 bridgehead atoms. The summed E-state index contributed by atoms with van der Waals surface area (Å²) in [6, 6.07) is 0.328. The second-order valence-corrected chi connectivity index (χ2v) is 6.22. The van der Waals surface area contributed by atoms with Crippen LogP contribution >= 0.6 is 0 Å². The summed E-state index contributed by atoms with van der Waals surface area (Å²) in [5, 5.41) is 6.60. The van der Waals surface area contributed by atoms with E-state index in [9.17, 15) is 4.79 Å². The van der Waals surface area contributed by atoms with Crippen molar-refractivity contribution in [2.24, 2.45) is 11.8 Å². The minimum absolute atomic E-state index is 0.222. The van der Waals surface area contributed by atoms with Gasteiger partial charge in [0.05, 0.1) is 6.10 Å². The maximum Gasteiger partial charge on any atom is 0.220 e. The first kappa shape index (κ1) is 14.8. The van der Waals surface area contributed by atoms with Crippen molar-refractivity contribution in [1.82, 2.24) is 10.6 Å². The topological polar surface area (TPSA) is 50.4 Å². The quantitative estimate of drug-likeness (QED) is 0.798. The molecule has 110 valence electrons. The number of hydrogen-bond donors (Lipinski definition) is 2. The largest absolute Gasteiger partial charge is 0.381 e. The number of carbonyl (C=O) groups excluding carboxylic acids is 1. The third kappa shape index (κ3) is 4.46. The van der Waals surface area contributed by atoms with Crippen molar-refractivity contribution in [3.63, 3.8) is 0 Å². The van der Waals surface area contributed by atoms with E-state index in [0.717, 1.165) is 32.4 Å². The molecule has 4 nitrogen and oxygen atoms in total. The summed E-state index contributed by atoms with van der Waals surface area (Å²) in [6.45, 7) is 4.42. The second kappa shape index (κ2) is 7.25. The van der Waals surface area contributed by atoms with Gasteiger partial charge >= 0.3 is 0 Å². The zero-order valence-corrected chi connectivity index (χ0v) is 12.3. The minimum atomic E-state index is 0.222. The molecule has 1 aliphatic carbocycles. The molecule has 0 aromatic rings. The predicted molar refractivity (Wildman–Crippen MR) is 76.0 cm³/mol. The summed E-state index contributed by atoms with van der Waals surface area (Å²) in [5.41, 5.74) is 0. The molecular weight excluding hydrogens is 240 g/mol. The first-order valence-electron chi connectivity index (χ1n) is 7.72. The van der Waals surface area contributed by atoms with Crippen LogP contribution in [0.5, 0.6) is 0 Å². The van der Waals surface area contributed by atoms with Crippen molar-refractivity contribution in [3.05, 3.63) is 0 Å². The molecule has 0 aromatic carbocycles. The fourth-order valence-corrected chi connectivity index (χ4v) is 3.40. The van der Waals surface area contributed by atoms with Gasteiger partial charge in [-0.3, -0.25) is 4.79 Å². The Balaban J connectivity index is 1.68. The molecule has 2 N–H and O–H groups in total. The average Bonchev–Trinajstić information content (AvgIpc) is 2.87. The van der Waals surface area contributed by atoms with E-state index in [4.69, 9.17) is 4.74 Å². The first-order valence-corrected chi connectivity index (χ1v) is 7.72. The van der Waals surface area contributed by atoms with Crippen LogP contribution in [-0.4, -0.2) is 38.3 Å². The average molecular weight is 268 g/mol. The standard InChI is InChI=1S/C15H28N2O2/c1-11(12-4-3-7-16-10-12)8-15(18)17-13-5-6-14(9-13)19-2/h11-14,16H,3-10H2,1-2H3,(H,17,18). The molecule has 19 heavy (non-hydrogen) atoms. The Morgan fingerprint density at radius 3 is 2.89 bits per heavy atom. The van der Waals surface area contributed by atoms with Gasteiger partial charge in [0.15, 0.2) is 0 Å². The molecule has 0 aromatic heterocycles. The highest BCUT2D eigenvalue weighted by Crippen LogP contribution is 2.24. The summed E-state index contributed by atoms with van der Waals surface area (Å²) in [7, 11) is 1.76. The van der Waals surface area contributed by atoms with Crippen LogP contribution in [0.1, 0.15) is 45.4 Å². The van der Waals surface area contributed by atoms with E-state index in [1.54, 1.807) is 7.11 Å². The van der Waals surface area contributed by atoms with Gasteiger partial charge in [0.1, 0.15) is 0 Å². The lowest BCUT2D eigenvalue weighted by Gasteiger charge is -2.28. The van der Waals surface area contributed by atoms with E-state index >= 15 is 0 Å². The van der Waals surface area contributed by atoms with Gasteiger partial charge in [0.25, 0.3) is 0 Å². The van der Waals surface area contributed by atoms with Gasteiger partial charge in [-0.05, 0) is 57.0 Å². The fourth-order valence-electron chi connectivity index (χ4n) is 3.40. The maximum absolute atomic E-state index is 12.1. The zero-order valence-electron chi connectivity index (χ0n) is 12.3. The number of piperidine rings is 1. The number of nitrogens with one attached hydrogen (secondary N) is 2. The van der Waals surface area contributed by atoms with Gasteiger partial charge in [0.2, 0.25) is 5.91 Å². The SMILES string of the molecule is COC1CCC(NC(=O)CC(C)C2CCCNC2)C1. The molecule has 1 saturated heterocycles. The molecular formula is C15H28N2O2. The third-order valence-electron chi connectivity index (χ3n) is 4.73. The van der Waals surface area contributed by atoms with Crippen LogP contribution in [0.25, 0.3) is 0 Å². The molecule has 2 fully saturated rings. The van der Waals surface area contributed by atoms with Crippen molar-refractivity contribution < 1.29 is 9.53 Å². The number of rotatable bonds is 5. The molecule has 1 amide bonds. The highest BCUT2D eigenvalue weighted by Gasteiger charge is 2.27. The third-order valence-corrected chi connectivity index (χ3v) is 4.73. The fraction of sp³-hybridized carbons (Fsp3) is 0.933. The summed E-state index contributed by atoms with van der Waals surface area (Å²) >= 11 is 0. The first-order chi connectivity index (χ1) is 9.19. The smallest absolute Gasteiger partial charge is 0.220 e. The number of ether oxygens (including phenoxy) is 1. The van der Waals surface area contributed by atoms with E-state index < -0.39 is 0 Å². The lowest BCUT2D eigenvalue weighted by atomic mass is 9.85. The predicted octanol–water partition coefficient (Wildman–Crippen LogP) is 1.70. The van der Waals surface area contributed by atoms with Crippen LogP contribution in [0.2, 0.25) is 0 Å². The van der Waals surface area contributed by atoms with Crippen molar-refractivity contribution in [3.8, 4) is 0 Å².